The number of aliphatic hydroxyl groups excluding tert-OH is 1. The molecule has 5 nitrogen and oxygen atoms in total. The van der Waals surface area contributed by atoms with Gasteiger partial charge in [0.25, 0.3) is 0 Å². The van der Waals surface area contributed by atoms with E-state index in [0.29, 0.717) is 12.2 Å². The van der Waals surface area contributed by atoms with Crippen molar-refractivity contribution in [2.24, 2.45) is 0 Å². The van der Waals surface area contributed by atoms with Crippen LogP contribution >= 0.6 is 0 Å². The molecule has 23 heavy (non-hydrogen) atoms. The van der Waals surface area contributed by atoms with Gasteiger partial charge in [0, 0.05) is 12.2 Å². The molecule has 1 aliphatic rings. The first-order chi connectivity index (χ1) is 10.8. The number of ether oxygens (including phenoxy) is 1. The summed E-state index contributed by atoms with van der Waals surface area (Å²) in [7, 11) is 0. The summed E-state index contributed by atoms with van der Waals surface area (Å²) < 4.78 is 42.3. The minimum absolute atomic E-state index is 0.135. The molecule has 2 rings (SSSR count). The topological polar surface area (TPSA) is 61.8 Å². The maximum Gasteiger partial charge on any atom is 0.393 e. The number of rotatable bonds is 3. The molecule has 1 aromatic rings. The summed E-state index contributed by atoms with van der Waals surface area (Å²) in [6.45, 7) is 2.27. The molecule has 8 heteroatoms. The van der Waals surface area contributed by atoms with Crippen LogP contribution in [0.15, 0.2) is 24.3 Å². The Bertz CT molecular complexity index is 534. The molecule has 1 saturated heterocycles. The quantitative estimate of drug-likeness (QED) is 0.893. The number of urea groups is 1. The molecule has 0 bridgehead atoms. The van der Waals surface area contributed by atoms with E-state index in [1.807, 2.05) is 0 Å². The van der Waals surface area contributed by atoms with Crippen LogP contribution in [0.5, 0.6) is 0 Å². The first kappa shape index (κ1) is 17.6. The van der Waals surface area contributed by atoms with Crippen molar-refractivity contribution < 1.29 is 27.8 Å². The Hall–Kier alpha value is -1.80. The van der Waals surface area contributed by atoms with Crippen LogP contribution in [0.2, 0.25) is 0 Å². The van der Waals surface area contributed by atoms with Crippen molar-refractivity contribution in [1.82, 2.24) is 4.90 Å². The number of benzene rings is 1. The number of carbonyl (C=O) groups excluding carboxylic acids is 1. The molecular weight excluding hydrogens is 313 g/mol. The van der Waals surface area contributed by atoms with E-state index in [0.717, 1.165) is 0 Å². The second-order valence-electron chi connectivity index (χ2n) is 5.58. The number of nitrogens with zero attached hydrogens (tertiary/aromatic N) is 1. The predicted molar refractivity (Wildman–Crippen MR) is 78.2 cm³/mol. The van der Waals surface area contributed by atoms with Crippen molar-refractivity contribution in [2.75, 3.05) is 25.0 Å². The molecular formula is C15H19F3N2O3. The lowest BCUT2D eigenvalue weighted by atomic mass is 10.1. The lowest BCUT2D eigenvalue weighted by Crippen LogP contribution is -2.51. The van der Waals surface area contributed by atoms with Gasteiger partial charge in [-0.3, -0.25) is 0 Å². The molecule has 0 aromatic heterocycles. The van der Waals surface area contributed by atoms with E-state index in [1.165, 1.54) is 29.2 Å². The van der Waals surface area contributed by atoms with Crippen molar-refractivity contribution in [1.29, 1.82) is 0 Å². The zero-order valence-electron chi connectivity index (χ0n) is 12.6. The Morgan fingerprint density at radius 3 is 2.57 bits per heavy atom. The molecule has 0 unspecified atom stereocenters. The lowest BCUT2D eigenvalue weighted by Gasteiger charge is -2.36. The third-order valence-electron chi connectivity index (χ3n) is 3.43. The van der Waals surface area contributed by atoms with Crippen LogP contribution in [0.4, 0.5) is 23.7 Å². The molecule has 0 saturated carbocycles. The largest absolute Gasteiger partial charge is 0.394 e. The van der Waals surface area contributed by atoms with E-state index in [2.05, 4.69) is 5.32 Å². The van der Waals surface area contributed by atoms with Gasteiger partial charge in [0.15, 0.2) is 0 Å². The second kappa shape index (κ2) is 7.18. The monoisotopic (exact) mass is 332 g/mol. The molecule has 2 atom stereocenters. The number of morpholine rings is 1. The van der Waals surface area contributed by atoms with E-state index in [-0.39, 0.29) is 30.9 Å². The molecule has 2 amide bonds. The number of nitrogens with one attached hydrogen (secondary N) is 1. The number of amides is 2. The van der Waals surface area contributed by atoms with Crippen LogP contribution < -0.4 is 5.32 Å². The fourth-order valence-corrected chi connectivity index (χ4v) is 2.45. The Labute approximate surface area is 132 Å². The highest BCUT2D eigenvalue weighted by Crippen LogP contribution is 2.22. The molecule has 1 aromatic carbocycles. The molecule has 128 valence electrons. The standard InChI is InChI=1S/C15H19F3N2O3/c1-10-7-20(8-13(9-21)23-10)14(22)19-12-4-2-11(3-5-12)6-15(16,17)18/h2-5,10,13,21H,6-9H2,1H3,(H,19,22)/t10-,13+/m1/s1. The van der Waals surface area contributed by atoms with Gasteiger partial charge in [0.2, 0.25) is 0 Å². The van der Waals surface area contributed by atoms with Crippen molar-refractivity contribution in [3.63, 3.8) is 0 Å². The number of alkyl halides is 3. The summed E-state index contributed by atoms with van der Waals surface area (Å²) in [5.41, 5.74) is 0.552. The van der Waals surface area contributed by atoms with Gasteiger partial charge in [0.05, 0.1) is 31.8 Å². The van der Waals surface area contributed by atoms with Gasteiger partial charge in [-0.1, -0.05) is 12.1 Å². The highest BCUT2D eigenvalue weighted by Gasteiger charge is 2.29. The third kappa shape index (κ3) is 5.40. The number of aliphatic hydroxyl groups is 1. The smallest absolute Gasteiger partial charge is 0.393 e. The molecule has 1 fully saturated rings. The molecule has 0 radical (unpaired) electrons. The molecule has 1 heterocycles. The summed E-state index contributed by atoms with van der Waals surface area (Å²) in [6.07, 6.45) is -5.88. The number of halogens is 3. The van der Waals surface area contributed by atoms with E-state index in [1.54, 1.807) is 6.92 Å². The zero-order valence-corrected chi connectivity index (χ0v) is 12.6. The van der Waals surface area contributed by atoms with E-state index >= 15 is 0 Å². The fraction of sp³-hybridized carbons (Fsp3) is 0.533. The Balaban J connectivity index is 1.94. The predicted octanol–water partition coefficient (Wildman–Crippen LogP) is 2.40. The van der Waals surface area contributed by atoms with Crippen LogP contribution in [0.1, 0.15) is 12.5 Å². The van der Waals surface area contributed by atoms with Gasteiger partial charge in [-0.15, -0.1) is 0 Å². The Morgan fingerprint density at radius 1 is 1.35 bits per heavy atom. The summed E-state index contributed by atoms with van der Waals surface area (Å²) >= 11 is 0. The van der Waals surface area contributed by atoms with Crippen molar-refractivity contribution in [2.45, 2.75) is 31.7 Å². The maximum absolute atomic E-state index is 12.3. The molecule has 0 spiro atoms. The maximum atomic E-state index is 12.3. The average molecular weight is 332 g/mol. The summed E-state index contributed by atoms with van der Waals surface area (Å²) in [5, 5.41) is 11.8. The minimum Gasteiger partial charge on any atom is -0.394 e. The van der Waals surface area contributed by atoms with Gasteiger partial charge in [-0.2, -0.15) is 13.2 Å². The number of hydrogen-bond donors (Lipinski definition) is 2. The number of carbonyl (C=O) groups is 1. The molecule has 1 aliphatic heterocycles. The molecule has 2 N–H and O–H groups in total. The van der Waals surface area contributed by atoms with Crippen molar-refractivity contribution in [3.8, 4) is 0 Å². The van der Waals surface area contributed by atoms with Crippen LogP contribution in [0.3, 0.4) is 0 Å². The first-order valence-electron chi connectivity index (χ1n) is 7.25. The van der Waals surface area contributed by atoms with Crippen molar-refractivity contribution in [3.05, 3.63) is 29.8 Å². The van der Waals surface area contributed by atoms with E-state index in [4.69, 9.17) is 9.84 Å². The highest BCUT2D eigenvalue weighted by molar-refractivity contribution is 5.89. The SMILES string of the molecule is C[C@@H]1CN(C(=O)Nc2ccc(CC(F)(F)F)cc2)C[C@@H](CO)O1. The van der Waals surface area contributed by atoms with E-state index < -0.39 is 18.7 Å². The number of anilines is 1. The second-order valence-corrected chi connectivity index (χ2v) is 5.58. The Kier molecular flexibility index (Phi) is 5.48. The highest BCUT2D eigenvalue weighted by atomic mass is 19.4. The first-order valence-corrected chi connectivity index (χ1v) is 7.25. The van der Waals surface area contributed by atoms with Gasteiger partial charge in [-0.05, 0) is 24.6 Å². The minimum atomic E-state index is -4.26. The van der Waals surface area contributed by atoms with E-state index in [9.17, 15) is 18.0 Å². The van der Waals surface area contributed by atoms with Crippen LogP contribution in [0, 0.1) is 0 Å². The summed E-state index contributed by atoms with van der Waals surface area (Å²) in [6, 6.07) is 5.17. The van der Waals surface area contributed by atoms with Gasteiger partial charge >= 0.3 is 12.2 Å². The van der Waals surface area contributed by atoms with Crippen LogP contribution in [-0.2, 0) is 11.2 Å². The van der Waals surface area contributed by atoms with Gasteiger partial charge < -0.3 is 20.1 Å². The summed E-state index contributed by atoms with van der Waals surface area (Å²) in [4.78, 5) is 13.7. The zero-order chi connectivity index (χ0) is 17.0. The molecule has 0 aliphatic carbocycles. The average Bonchev–Trinajstić information content (AvgIpc) is 2.47. The Morgan fingerprint density at radius 2 is 2.00 bits per heavy atom. The number of hydrogen-bond acceptors (Lipinski definition) is 3. The third-order valence-corrected chi connectivity index (χ3v) is 3.43. The van der Waals surface area contributed by atoms with Gasteiger partial charge in [0.1, 0.15) is 0 Å². The van der Waals surface area contributed by atoms with Crippen molar-refractivity contribution >= 4 is 11.7 Å². The van der Waals surface area contributed by atoms with Gasteiger partial charge in [-0.25, -0.2) is 4.79 Å². The lowest BCUT2D eigenvalue weighted by molar-refractivity contribution is -0.127. The normalized spacial score (nSPS) is 22.0. The van der Waals surface area contributed by atoms with Crippen LogP contribution in [-0.4, -0.2) is 54.1 Å². The summed E-state index contributed by atoms with van der Waals surface area (Å²) in [5.74, 6) is 0. The van der Waals surface area contributed by atoms with Crippen LogP contribution in [0.25, 0.3) is 0 Å². The fourth-order valence-electron chi connectivity index (χ4n) is 2.45.